The summed E-state index contributed by atoms with van der Waals surface area (Å²) in [5.74, 6) is 0. The fourth-order valence-electron chi connectivity index (χ4n) is 1.25. The summed E-state index contributed by atoms with van der Waals surface area (Å²) >= 11 is 0. The molecule has 0 spiro atoms. The van der Waals surface area contributed by atoms with Gasteiger partial charge >= 0.3 is 6.09 Å². The van der Waals surface area contributed by atoms with E-state index in [1.54, 1.807) is 4.90 Å². The number of hydrogen-bond donors (Lipinski definition) is 0. The zero-order valence-corrected chi connectivity index (χ0v) is 8.68. The van der Waals surface area contributed by atoms with Crippen molar-refractivity contribution in [2.45, 2.75) is 27.7 Å². The maximum absolute atomic E-state index is 10.8. The van der Waals surface area contributed by atoms with Crippen LogP contribution in [-0.2, 0) is 4.74 Å². The van der Waals surface area contributed by atoms with Crippen LogP contribution in [0, 0.1) is 5.41 Å². The first-order valence-corrected chi connectivity index (χ1v) is 4.38. The summed E-state index contributed by atoms with van der Waals surface area (Å²) in [6, 6.07) is 0. The Kier molecular flexibility index (Phi) is 4.07. The second kappa shape index (κ2) is 4.33. The molecule has 0 N–H and O–H groups in total. The summed E-state index contributed by atoms with van der Waals surface area (Å²) in [5, 5.41) is 0. The molecule has 0 bridgehead atoms. The van der Waals surface area contributed by atoms with Crippen LogP contribution in [0.3, 0.4) is 0 Å². The average Bonchev–Trinajstić information content (AvgIpc) is 2.02. The first kappa shape index (κ1) is 11.3. The monoisotopic (exact) mass is 173 g/mol. The van der Waals surface area contributed by atoms with E-state index in [0.29, 0.717) is 5.41 Å². The van der Waals surface area contributed by atoms with Gasteiger partial charge in [0.25, 0.3) is 0 Å². The molecule has 3 nitrogen and oxygen atoms in total. The second-order valence-electron chi connectivity index (χ2n) is 3.49. The molecule has 1 aliphatic heterocycles. The van der Waals surface area contributed by atoms with Gasteiger partial charge in [0, 0.05) is 18.5 Å². The number of rotatable bonds is 0. The highest BCUT2D eigenvalue weighted by Gasteiger charge is 2.37. The van der Waals surface area contributed by atoms with Crippen LogP contribution in [0.15, 0.2) is 0 Å². The molecule has 0 atom stereocenters. The highest BCUT2D eigenvalue weighted by atomic mass is 16.5. The topological polar surface area (TPSA) is 29.5 Å². The van der Waals surface area contributed by atoms with Crippen LogP contribution < -0.4 is 0 Å². The Hall–Kier alpha value is -0.730. The van der Waals surface area contributed by atoms with Crippen LogP contribution in [0.1, 0.15) is 27.7 Å². The van der Waals surface area contributed by atoms with Gasteiger partial charge < -0.3 is 9.64 Å². The zero-order chi connectivity index (χ0) is 9.78. The summed E-state index contributed by atoms with van der Waals surface area (Å²) in [6.45, 7) is 9.90. The van der Waals surface area contributed by atoms with Crippen molar-refractivity contribution in [3.63, 3.8) is 0 Å². The van der Waals surface area contributed by atoms with Gasteiger partial charge in [0.15, 0.2) is 0 Å². The van der Waals surface area contributed by atoms with Crippen molar-refractivity contribution in [1.82, 2.24) is 4.90 Å². The third-order valence-electron chi connectivity index (χ3n) is 1.67. The van der Waals surface area contributed by atoms with E-state index in [4.69, 9.17) is 0 Å². The number of ether oxygens (including phenoxy) is 1. The van der Waals surface area contributed by atoms with Crippen LogP contribution in [-0.4, -0.2) is 31.2 Å². The molecule has 0 aromatic rings. The zero-order valence-electron chi connectivity index (χ0n) is 8.68. The molecule has 0 aliphatic carbocycles. The third-order valence-corrected chi connectivity index (χ3v) is 1.67. The van der Waals surface area contributed by atoms with Crippen LogP contribution in [0.25, 0.3) is 0 Å². The molecular weight excluding hydrogens is 154 g/mol. The van der Waals surface area contributed by atoms with E-state index in [-0.39, 0.29) is 6.09 Å². The highest BCUT2D eigenvalue weighted by Crippen LogP contribution is 2.28. The van der Waals surface area contributed by atoms with Crippen molar-refractivity contribution in [3.8, 4) is 0 Å². The Morgan fingerprint density at radius 3 is 2.00 bits per heavy atom. The molecule has 72 valence electrons. The number of nitrogens with zero attached hydrogens (tertiary/aromatic N) is 1. The van der Waals surface area contributed by atoms with Gasteiger partial charge in [0.2, 0.25) is 0 Å². The van der Waals surface area contributed by atoms with E-state index in [9.17, 15) is 4.79 Å². The molecule has 1 amide bonds. The molecule has 1 rings (SSSR count). The first-order chi connectivity index (χ1) is 5.55. The van der Waals surface area contributed by atoms with E-state index >= 15 is 0 Å². The Morgan fingerprint density at radius 1 is 1.33 bits per heavy atom. The lowest BCUT2D eigenvalue weighted by Gasteiger charge is -2.44. The summed E-state index contributed by atoms with van der Waals surface area (Å²) < 4.78 is 4.53. The number of carbonyl (C=O) groups excluding carboxylic acids is 1. The third kappa shape index (κ3) is 2.72. The van der Waals surface area contributed by atoms with Crippen molar-refractivity contribution in [3.05, 3.63) is 0 Å². The van der Waals surface area contributed by atoms with Crippen LogP contribution in [0.4, 0.5) is 4.79 Å². The summed E-state index contributed by atoms with van der Waals surface area (Å²) in [6.07, 6.45) is -0.209. The Labute approximate surface area is 74.7 Å². The Bertz CT molecular complexity index is 147. The van der Waals surface area contributed by atoms with Gasteiger partial charge in [-0.1, -0.05) is 27.7 Å². The van der Waals surface area contributed by atoms with Crippen molar-refractivity contribution in [2.75, 3.05) is 20.2 Å². The van der Waals surface area contributed by atoms with Crippen molar-refractivity contribution in [1.29, 1.82) is 0 Å². The highest BCUT2D eigenvalue weighted by molar-refractivity contribution is 5.68. The number of methoxy groups -OCH3 is 1. The lowest BCUT2D eigenvalue weighted by molar-refractivity contribution is 0.0261. The van der Waals surface area contributed by atoms with Gasteiger partial charge in [-0.2, -0.15) is 0 Å². The van der Waals surface area contributed by atoms with Gasteiger partial charge in [0.05, 0.1) is 7.11 Å². The average molecular weight is 173 g/mol. The second-order valence-corrected chi connectivity index (χ2v) is 3.49. The number of carbonyl (C=O) groups is 1. The molecule has 0 saturated carbocycles. The van der Waals surface area contributed by atoms with Crippen LogP contribution in [0.2, 0.25) is 0 Å². The molecule has 0 aromatic carbocycles. The molecular formula is C9H19NO2. The van der Waals surface area contributed by atoms with Crippen molar-refractivity contribution in [2.24, 2.45) is 5.41 Å². The fraction of sp³-hybridized carbons (Fsp3) is 0.889. The smallest absolute Gasteiger partial charge is 0.409 e. The molecule has 3 heteroatoms. The Balaban J connectivity index is 0.000000561. The normalized spacial score (nSPS) is 18.6. The number of hydrogen-bond acceptors (Lipinski definition) is 2. The molecule has 1 fully saturated rings. The minimum atomic E-state index is -0.209. The van der Waals surface area contributed by atoms with E-state index in [1.165, 1.54) is 7.11 Å². The SMILES string of the molecule is CC.COC(=O)N1CC(C)(C)C1. The molecule has 0 unspecified atom stereocenters. The molecule has 0 aromatic heterocycles. The van der Waals surface area contributed by atoms with Crippen LogP contribution in [0.5, 0.6) is 0 Å². The van der Waals surface area contributed by atoms with E-state index in [2.05, 4.69) is 18.6 Å². The Morgan fingerprint density at radius 2 is 1.75 bits per heavy atom. The lowest BCUT2D eigenvalue weighted by Crippen LogP contribution is -2.55. The molecule has 1 heterocycles. The van der Waals surface area contributed by atoms with Crippen LogP contribution >= 0.6 is 0 Å². The minimum Gasteiger partial charge on any atom is -0.453 e. The van der Waals surface area contributed by atoms with E-state index in [1.807, 2.05) is 13.8 Å². The van der Waals surface area contributed by atoms with Gasteiger partial charge in [0.1, 0.15) is 0 Å². The van der Waals surface area contributed by atoms with Gasteiger partial charge in [-0.15, -0.1) is 0 Å². The molecule has 1 aliphatic rings. The standard InChI is InChI=1S/C7H13NO2.C2H6/c1-7(2)4-8(5-7)6(9)10-3;1-2/h4-5H2,1-3H3;1-2H3. The minimum absolute atomic E-state index is 0.209. The van der Waals surface area contributed by atoms with Gasteiger partial charge in [-0.3, -0.25) is 0 Å². The number of amides is 1. The predicted molar refractivity (Wildman–Crippen MR) is 49.1 cm³/mol. The van der Waals surface area contributed by atoms with E-state index in [0.717, 1.165) is 13.1 Å². The molecule has 12 heavy (non-hydrogen) atoms. The predicted octanol–water partition coefficient (Wildman–Crippen LogP) is 2.12. The summed E-state index contributed by atoms with van der Waals surface area (Å²) in [4.78, 5) is 12.5. The molecule has 0 radical (unpaired) electrons. The van der Waals surface area contributed by atoms with E-state index < -0.39 is 0 Å². The maximum Gasteiger partial charge on any atom is 0.409 e. The van der Waals surface area contributed by atoms with Gasteiger partial charge in [-0.05, 0) is 0 Å². The first-order valence-electron chi connectivity index (χ1n) is 4.38. The quantitative estimate of drug-likeness (QED) is 0.561. The largest absolute Gasteiger partial charge is 0.453 e. The maximum atomic E-state index is 10.8. The van der Waals surface area contributed by atoms with Crippen molar-refractivity contribution >= 4 is 6.09 Å². The fourth-order valence-corrected chi connectivity index (χ4v) is 1.25. The van der Waals surface area contributed by atoms with Gasteiger partial charge in [-0.25, -0.2) is 4.79 Å². The molecule has 1 saturated heterocycles. The van der Waals surface area contributed by atoms with Crippen molar-refractivity contribution < 1.29 is 9.53 Å². The summed E-state index contributed by atoms with van der Waals surface area (Å²) in [5.41, 5.74) is 0.300. The lowest BCUT2D eigenvalue weighted by atomic mass is 9.85. The number of likely N-dealkylation sites (tertiary alicyclic amines) is 1. The summed E-state index contributed by atoms with van der Waals surface area (Å²) in [7, 11) is 1.41.